The molecule has 1 aromatic heterocycles. The molecule has 6 heteroatoms. The maximum absolute atomic E-state index is 10.7. The molecule has 4 rings (SSSR count). The lowest BCUT2D eigenvalue weighted by atomic mass is 9.99. The van der Waals surface area contributed by atoms with Crippen molar-refractivity contribution in [3.05, 3.63) is 59.0 Å². The van der Waals surface area contributed by atoms with Gasteiger partial charge in [-0.15, -0.1) is 0 Å². The van der Waals surface area contributed by atoms with E-state index in [1.165, 1.54) is 10.8 Å². The highest BCUT2D eigenvalue weighted by Crippen LogP contribution is 2.34. The lowest BCUT2D eigenvalue weighted by molar-refractivity contribution is 0.0699. The van der Waals surface area contributed by atoms with E-state index in [0.717, 1.165) is 11.0 Å². The van der Waals surface area contributed by atoms with E-state index in [1.807, 2.05) is 24.3 Å². The number of hydrogen-bond acceptors (Lipinski definition) is 3. The Labute approximate surface area is 133 Å². The lowest BCUT2D eigenvalue weighted by Crippen LogP contribution is -2.50. The molecule has 0 saturated carbocycles. The van der Waals surface area contributed by atoms with E-state index in [2.05, 4.69) is 44.2 Å². The van der Waals surface area contributed by atoms with Crippen molar-refractivity contribution in [1.29, 1.82) is 0 Å². The van der Waals surface area contributed by atoms with Gasteiger partial charge in [-0.1, -0.05) is 41.5 Å². The van der Waals surface area contributed by atoms with Gasteiger partial charge in [0.1, 0.15) is 0 Å². The van der Waals surface area contributed by atoms with Gasteiger partial charge in [0.15, 0.2) is 0 Å². The number of nitrogens with one attached hydrogen (secondary N) is 1. The Hall–Kier alpha value is -2.53. The second kappa shape index (κ2) is 5.59. The van der Waals surface area contributed by atoms with Crippen LogP contribution in [0.3, 0.4) is 0 Å². The maximum Gasteiger partial charge on any atom is 0.0856 e. The van der Waals surface area contributed by atoms with E-state index in [9.17, 15) is 5.11 Å². The van der Waals surface area contributed by atoms with Crippen LogP contribution < -0.4 is 5.32 Å². The molecule has 3 unspecified atom stereocenters. The van der Waals surface area contributed by atoms with Gasteiger partial charge in [-0.05, 0) is 17.7 Å². The molecule has 116 valence electrons. The van der Waals surface area contributed by atoms with E-state index in [0.29, 0.717) is 13.1 Å². The van der Waals surface area contributed by atoms with Crippen LogP contribution in [0.2, 0.25) is 0 Å². The molecule has 1 aliphatic rings. The van der Waals surface area contributed by atoms with Crippen LogP contribution >= 0.6 is 0 Å². The van der Waals surface area contributed by atoms with Crippen LogP contribution in [-0.2, 0) is 0 Å². The number of para-hydroxylation sites is 2. The first kappa shape index (κ1) is 14.1. The number of nitrogens with zero attached hydrogens (tertiary/aromatic N) is 4. The fraction of sp³-hybridized carbons (Fsp3) is 0.294. The maximum atomic E-state index is 10.7. The topological polar surface area (TPSA) is 86.0 Å². The fourth-order valence-electron chi connectivity index (χ4n) is 3.61. The van der Waals surface area contributed by atoms with Crippen molar-refractivity contribution in [3.63, 3.8) is 0 Å². The summed E-state index contributed by atoms with van der Waals surface area (Å²) in [7, 11) is 0. The zero-order chi connectivity index (χ0) is 15.8. The number of aliphatic hydroxyl groups excluding tert-OH is 1. The molecule has 2 heterocycles. The van der Waals surface area contributed by atoms with Crippen molar-refractivity contribution in [3.8, 4) is 0 Å². The summed E-state index contributed by atoms with van der Waals surface area (Å²) in [6.45, 7) is 1.14. The molecule has 3 atom stereocenters. The third-order valence-corrected chi connectivity index (χ3v) is 4.64. The number of aliphatic hydroxyl groups is 1. The number of benzene rings is 2. The Kier molecular flexibility index (Phi) is 3.42. The van der Waals surface area contributed by atoms with Crippen LogP contribution in [0.5, 0.6) is 0 Å². The molecule has 1 aliphatic heterocycles. The van der Waals surface area contributed by atoms with Crippen molar-refractivity contribution >= 4 is 21.8 Å². The van der Waals surface area contributed by atoms with Gasteiger partial charge in [0.25, 0.3) is 0 Å². The van der Waals surface area contributed by atoms with Crippen LogP contribution in [0.15, 0.2) is 53.6 Å². The Morgan fingerprint density at radius 2 is 1.65 bits per heavy atom. The Morgan fingerprint density at radius 3 is 2.26 bits per heavy atom. The van der Waals surface area contributed by atoms with E-state index >= 15 is 0 Å². The number of aromatic nitrogens is 1. The van der Waals surface area contributed by atoms with Gasteiger partial charge < -0.3 is 15.0 Å². The van der Waals surface area contributed by atoms with Gasteiger partial charge >= 0.3 is 0 Å². The number of azide groups is 1. The van der Waals surface area contributed by atoms with Gasteiger partial charge in [-0.2, -0.15) is 0 Å². The lowest BCUT2D eigenvalue weighted by Gasteiger charge is -2.35. The summed E-state index contributed by atoms with van der Waals surface area (Å²) in [6, 6.07) is 15.8. The van der Waals surface area contributed by atoms with Crippen molar-refractivity contribution in [2.45, 2.75) is 18.2 Å². The molecule has 1 saturated heterocycles. The summed E-state index contributed by atoms with van der Waals surface area (Å²) in [5.41, 5.74) is 10.9. The Bertz CT molecular complexity index is 858. The molecule has 0 spiro atoms. The molecular weight excluding hydrogens is 290 g/mol. The molecule has 0 aliphatic carbocycles. The predicted molar refractivity (Wildman–Crippen MR) is 90.3 cm³/mol. The van der Waals surface area contributed by atoms with Crippen LogP contribution in [0.1, 0.15) is 6.04 Å². The molecule has 6 nitrogen and oxygen atoms in total. The summed E-state index contributed by atoms with van der Waals surface area (Å²) in [5.74, 6) is 0. The SMILES string of the molecule is [N-]=[N+]=NC1CNCC(n2c3ccccc3c3ccccc32)C1O. The third kappa shape index (κ3) is 2.16. The molecular formula is C17H17N5O. The van der Waals surface area contributed by atoms with Crippen molar-refractivity contribution < 1.29 is 5.11 Å². The first-order chi connectivity index (χ1) is 11.3. The summed E-state index contributed by atoms with van der Waals surface area (Å²) >= 11 is 0. The van der Waals surface area contributed by atoms with Crippen LogP contribution in [0.4, 0.5) is 0 Å². The number of fused-ring (bicyclic) bond motifs is 3. The molecule has 2 aromatic carbocycles. The second-order valence-corrected chi connectivity index (χ2v) is 5.89. The first-order valence-corrected chi connectivity index (χ1v) is 7.72. The van der Waals surface area contributed by atoms with Crippen LogP contribution in [0, 0.1) is 0 Å². The van der Waals surface area contributed by atoms with E-state index in [4.69, 9.17) is 5.53 Å². The summed E-state index contributed by atoms with van der Waals surface area (Å²) in [5, 5.41) is 20.1. The highest BCUT2D eigenvalue weighted by atomic mass is 16.3. The van der Waals surface area contributed by atoms with Crippen LogP contribution in [0.25, 0.3) is 32.2 Å². The highest BCUT2D eigenvalue weighted by molar-refractivity contribution is 6.08. The van der Waals surface area contributed by atoms with Crippen molar-refractivity contribution in [1.82, 2.24) is 9.88 Å². The summed E-state index contributed by atoms with van der Waals surface area (Å²) in [6.07, 6.45) is -0.716. The molecule has 2 N–H and O–H groups in total. The average molecular weight is 307 g/mol. The number of piperidine rings is 1. The Morgan fingerprint density at radius 1 is 1.04 bits per heavy atom. The zero-order valence-electron chi connectivity index (χ0n) is 12.5. The molecule has 0 amide bonds. The number of rotatable bonds is 2. The number of hydrogen-bond donors (Lipinski definition) is 2. The van der Waals surface area contributed by atoms with Crippen LogP contribution in [-0.4, -0.2) is 34.9 Å². The van der Waals surface area contributed by atoms with Gasteiger partial charge in [0.2, 0.25) is 0 Å². The first-order valence-electron chi connectivity index (χ1n) is 7.72. The standard InChI is InChI=1S/C17H17N5O/c18-21-20-13-9-19-10-16(17(13)23)22-14-7-3-1-5-11(14)12-6-2-4-8-15(12)22/h1-8,13,16-17,19,23H,9-10H2. The monoisotopic (exact) mass is 307 g/mol. The molecule has 0 bridgehead atoms. The molecule has 23 heavy (non-hydrogen) atoms. The summed E-state index contributed by atoms with van der Waals surface area (Å²) < 4.78 is 2.17. The minimum absolute atomic E-state index is 0.177. The Balaban J connectivity index is 1.94. The zero-order valence-corrected chi connectivity index (χ0v) is 12.5. The van der Waals surface area contributed by atoms with Gasteiger partial charge in [0.05, 0.1) is 18.2 Å². The minimum Gasteiger partial charge on any atom is -0.390 e. The van der Waals surface area contributed by atoms with Crippen molar-refractivity contribution in [2.75, 3.05) is 13.1 Å². The van der Waals surface area contributed by atoms with Crippen molar-refractivity contribution in [2.24, 2.45) is 5.11 Å². The van der Waals surface area contributed by atoms with E-state index < -0.39 is 12.1 Å². The average Bonchev–Trinajstić information content (AvgIpc) is 2.92. The normalized spacial score (nSPS) is 24.7. The largest absolute Gasteiger partial charge is 0.390 e. The quantitative estimate of drug-likeness (QED) is 0.433. The van der Waals surface area contributed by atoms with E-state index in [1.54, 1.807) is 0 Å². The highest BCUT2D eigenvalue weighted by Gasteiger charge is 2.33. The minimum atomic E-state index is -0.716. The van der Waals surface area contributed by atoms with Gasteiger partial charge in [-0.25, -0.2) is 0 Å². The molecule has 1 fully saturated rings. The van der Waals surface area contributed by atoms with E-state index in [-0.39, 0.29) is 6.04 Å². The fourth-order valence-corrected chi connectivity index (χ4v) is 3.61. The summed E-state index contributed by atoms with van der Waals surface area (Å²) in [4.78, 5) is 2.87. The smallest absolute Gasteiger partial charge is 0.0856 e. The van der Waals surface area contributed by atoms with Gasteiger partial charge in [-0.3, -0.25) is 0 Å². The predicted octanol–water partition coefficient (Wildman–Crippen LogP) is 2.98. The third-order valence-electron chi connectivity index (χ3n) is 4.64. The molecule has 0 radical (unpaired) electrons. The second-order valence-electron chi connectivity index (χ2n) is 5.89. The van der Waals surface area contributed by atoms with Gasteiger partial charge in [0, 0.05) is 39.8 Å². The molecule has 3 aromatic rings.